The number of hydrogen-bond acceptors (Lipinski definition) is 3. The molecule has 1 atom stereocenters. The molecule has 15 heavy (non-hydrogen) atoms. The molecule has 1 saturated carbocycles. The Bertz CT molecular complexity index is 298. The summed E-state index contributed by atoms with van der Waals surface area (Å²) >= 11 is 0. The molecule has 0 aromatic rings. The number of carbonyl (C=O) groups excluding carboxylic acids is 1. The van der Waals surface area contributed by atoms with Crippen LogP contribution in [0.15, 0.2) is 0 Å². The first-order valence-corrected chi connectivity index (χ1v) is 6.53. The number of aliphatic carboxylic acids is 1. The largest absolute Gasteiger partial charge is 0.480 e. The van der Waals surface area contributed by atoms with E-state index in [1.807, 2.05) is 0 Å². The Morgan fingerprint density at radius 2 is 2.07 bits per heavy atom. The maximum atomic E-state index is 11.4. The van der Waals surface area contributed by atoms with Crippen molar-refractivity contribution < 1.29 is 18.9 Å². The minimum atomic E-state index is -1.16. The van der Waals surface area contributed by atoms with E-state index in [-0.39, 0.29) is 0 Å². The first-order valence-electron chi connectivity index (χ1n) is 4.81. The van der Waals surface area contributed by atoms with E-state index in [2.05, 4.69) is 5.32 Å². The van der Waals surface area contributed by atoms with Gasteiger partial charge in [-0.25, -0.2) is 0 Å². The molecule has 6 heteroatoms. The van der Waals surface area contributed by atoms with E-state index >= 15 is 0 Å². The molecule has 0 aromatic carbocycles. The highest BCUT2D eigenvalue weighted by Crippen LogP contribution is 2.45. The number of rotatable bonds is 6. The van der Waals surface area contributed by atoms with Gasteiger partial charge in [0.05, 0.1) is 0 Å². The van der Waals surface area contributed by atoms with Crippen molar-refractivity contribution in [1.29, 1.82) is 0 Å². The van der Waals surface area contributed by atoms with Gasteiger partial charge in [0.2, 0.25) is 5.91 Å². The second kappa shape index (κ2) is 4.74. The van der Waals surface area contributed by atoms with Crippen molar-refractivity contribution >= 4 is 22.7 Å². The summed E-state index contributed by atoms with van der Waals surface area (Å²) in [5.74, 6) is -0.920. The molecule has 1 aliphatic carbocycles. The fraction of sp³-hybridized carbons (Fsp3) is 0.778. The molecule has 2 N–H and O–H groups in total. The second-order valence-electron chi connectivity index (χ2n) is 3.77. The number of carboxylic acids is 1. The van der Waals surface area contributed by atoms with E-state index in [0.717, 1.165) is 0 Å². The molecular formula is C9H15NO4S. The summed E-state index contributed by atoms with van der Waals surface area (Å²) in [5.41, 5.74) is -1.16. The third kappa shape index (κ3) is 3.02. The summed E-state index contributed by atoms with van der Waals surface area (Å²) in [4.78, 5) is 22.2. The van der Waals surface area contributed by atoms with Gasteiger partial charge in [-0.1, -0.05) is 0 Å². The SMILES string of the molecule is CS(=O)CCCNC(=O)C1(C(=O)O)CC1. The lowest BCUT2D eigenvalue weighted by Crippen LogP contribution is -2.37. The highest BCUT2D eigenvalue weighted by molar-refractivity contribution is 7.84. The first kappa shape index (κ1) is 12.2. The van der Waals surface area contributed by atoms with Crippen LogP contribution < -0.4 is 5.32 Å². The molecule has 0 radical (unpaired) electrons. The van der Waals surface area contributed by atoms with Gasteiger partial charge in [-0.15, -0.1) is 0 Å². The zero-order valence-electron chi connectivity index (χ0n) is 8.62. The number of nitrogens with one attached hydrogen (secondary N) is 1. The van der Waals surface area contributed by atoms with E-state index in [0.29, 0.717) is 31.6 Å². The number of amides is 1. The van der Waals surface area contributed by atoms with E-state index in [1.54, 1.807) is 6.26 Å². The maximum Gasteiger partial charge on any atom is 0.319 e. The summed E-state index contributed by atoms with van der Waals surface area (Å²) < 4.78 is 10.7. The zero-order valence-corrected chi connectivity index (χ0v) is 9.43. The summed E-state index contributed by atoms with van der Waals surface area (Å²) in [7, 11) is -0.862. The summed E-state index contributed by atoms with van der Waals surface area (Å²) in [6, 6.07) is 0. The van der Waals surface area contributed by atoms with Gasteiger partial charge in [0.15, 0.2) is 0 Å². The average molecular weight is 233 g/mol. The summed E-state index contributed by atoms with van der Waals surface area (Å²) in [6.07, 6.45) is 3.06. The van der Waals surface area contributed by atoms with E-state index in [1.165, 1.54) is 0 Å². The van der Waals surface area contributed by atoms with Crippen molar-refractivity contribution in [2.75, 3.05) is 18.6 Å². The lowest BCUT2D eigenvalue weighted by atomic mass is 10.1. The molecule has 86 valence electrons. The van der Waals surface area contributed by atoms with Crippen molar-refractivity contribution in [3.8, 4) is 0 Å². The highest BCUT2D eigenvalue weighted by Gasteiger charge is 2.56. The van der Waals surface area contributed by atoms with Crippen molar-refractivity contribution in [3.05, 3.63) is 0 Å². The van der Waals surface area contributed by atoms with Crippen LogP contribution in [0.4, 0.5) is 0 Å². The number of hydrogen-bond donors (Lipinski definition) is 2. The van der Waals surface area contributed by atoms with Crippen LogP contribution >= 0.6 is 0 Å². The Kier molecular flexibility index (Phi) is 3.84. The molecule has 0 saturated heterocycles. The summed E-state index contributed by atoms with van der Waals surface area (Å²) in [6.45, 7) is 0.396. The smallest absolute Gasteiger partial charge is 0.319 e. The molecule has 0 heterocycles. The highest BCUT2D eigenvalue weighted by atomic mass is 32.2. The molecule has 1 aliphatic rings. The average Bonchev–Trinajstić information content (AvgIpc) is 2.92. The van der Waals surface area contributed by atoms with Crippen LogP contribution in [0.25, 0.3) is 0 Å². The lowest BCUT2D eigenvalue weighted by molar-refractivity contribution is -0.149. The fourth-order valence-corrected chi connectivity index (χ4v) is 1.86. The van der Waals surface area contributed by atoms with Crippen molar-refractivity contribution in [2.45, 2.75) is 19.3 Å². The minimum Gasteiger partial charge on any atom is -0.480 e. The number of carbonyl (C=O) groups is 2. The maximum absolute atomic E-state index is 11.4. The van der Waals surface area contributed by atoms with Crippen LogP contribution in [0.3, 0.4) is 0 Å². The molecule has 1 amide bonds. The molecule has 0 bridgehead atoms. The molecular weight excluding hydrogens is 218 g/mol. The quantitative estimate of drug-likeness (QED) is 0.489. The molecule has 0 spiro atoms. The third-order valence-electron chi connectivity index (χ3n) is 2.49. The van der Waals surface area contributed by atoms with Crippen LogP contribution in [-0.4, -0.2) is 39.7 Å². The van der Waals surface area contributed by atoms with Crippen molar-refractivity contribution in [1.82, 2.24) is 5.32 Å². The second-order valence-corrected chi connectivity index (χ2v) is 5.33. The topological polar surface area (TPSA) is 83.5 Å². The molecule has 0 aliphatic heterocycles. The number of carboxylic acid groups (broad SMARTS) is 1. The van der Waals surface area contributed by atoms with Gasteiger partial charge < -0.3 is 10.4 Å². The molecule has 1 fully saturated rings. The lowest BCUT2D eigenvalue weighted by Gasteiger charge is -2.09. The van der Waals surface area contributed by atoms with Gasteiger partial charge >= 0.3 is 5.97 Å². The normalized spacial score (nSPS) is 19.3. The zero-order chi connectivity index (χ0) is 11.5. The predicted molar refractivity (Wildman–Crippen MR) is 55.9 cm³/mol. The van der Waals surface area contributed by atoms with Crippen molar-refractivity contribution in [2.24, 2.45) is 5.41 Å². The van der Waals surface area contributed by atoms with Crippen LogP contribution in [0.5, 0.6) is 0 Å². The Hall–Kier alpha value is -0.910. The molecule has 5 nitrogen and oxygen atoms in total. The summed E-state index contributed by atoms with van der Waals surface area (Å²) in [5, 5.41) is 11.4. The van der Waals surface area contributed by atoms with Gasteiger partial charge in [0, 0.05) is 29.4 Å². The standard InChI is InChI=1S/C9H15NO4S/c1-15(14)6-2-5-10-7(11)9(3-4-9)8(12)13/h2-6H2,1H3,(H,10,11)(H,12,13). The van der Waals surface area contributed by atoms with Crippen molar-refractivity contribution in [3.63, 3.8) is 0 Å². The van der Waals surface area contributed by atoms with Crippen LogP contribution in [0.2, 0.25) is 0 Å². The van der Waals surface area contributed by atoms with Gasteiger partial charge in [0.1, 0.15) is 5.41 Å². The minimum absolute atomic E-state index is 0.396. The van der Waals surface area contributed by atoms with Crippen LogP contribution in [-0.2, 0) is 20.4 Å². The van der Waals surface area contributed by atoms with Gasteiger partial charge in [0.25, 0.3) is 0 Å². The first-order chi connectivity index (χ1) is 6.99. The third-order valence-corrected chi connectivity index (χ3v) is 3.35. The predicted octanol–water partition coefficient (Wildman–Crippen LogP) is -0.264. The molecule has 1 rings (SSSR count). The Balaban J connectivity index is 2.25. The van der Waals surface area contributed by atoms with E-state index in [4.69, 9.17) is 5.11 Å². The van der Waals surface area contributed by atoms with E-state index < -0.39 is 28.1 Å². The molecule has 1 unspecified atom stereocenters. The van der Waals surface area contributed by atoms with Crippen LogP contribution in [0.1, 0.15) is 19.3 Å². The van der Waals surface area contributed by atoms with E-state index in [9.17, 15) is 13.8 Å². The van der Waals surface area contributed by atoms with Gasteiger partial charge in [-0.05, 0) is 19.3 Å². The van der Waals surface area contributed by atoms with Crippen LogP contribution in [0, 0.1) is 5.41 Å². The fourth-order valence-electron chi connectivity index (χ4n) is 1.31. The Morgan fingerprint density at radius 1 is 1.47 bits per heavy atom. The Morgan fingerprint density at radius 3 is 2.47 bits per heavy atom. The Labute approximate surface area is 90.7 Å². The van der Waals surface area contributed by atoms with Gasteiger partial charge in [-0.3, -0.25) is 13.8 Å². The molecule has 0 aromatic heterocycles. The van der Waals surface area contributed by atoms with Gasteiger partial charge in [-0.2, -0.15) is 0 Å². The monoisotopic (exact) mass is 233 g/mol.